The summed E-state index contributed by atoms with van der Waals surface area (Å²) >= 11 is 0. The summed E-state index contributed by atoms with van der Waals surface area (Å²) in [6.07, 6.45) is 4.41. The molecule has 1 unspecified atom stereocenters. The third-order valence-corrected chi connectivity index (χ3v) is 4.85. The Morgan fingerprint density at radius 1 is 0.957 bits per heavy atom. The minimum Gasteiger partial charge on any atom is -0.266 e. The first-order valence-electron chi connectivity index (χ1n) is 7.93. The van der Waals surface area contributed by atoms with Crippen molar-refractivity contribution < 1.29 is 21.7 Å². The molecule has 2 aromatic rings. The van der Waals surface area contributed by atoms with Crippen LogP contribution in [0.2, 0.25) is 0 Å². The fourth-order valence-electron chi connectivity index (χ4n) is 3.16. The van der Waals surface area contributed by atoms with Gasteiger partial charge >= 0.3 is 21.7 Å². The quantitative estimate of drug-likeness (QED) is 0.361. The van der Waals surface area contributed by atoms with Gasteiger partial charge in [0.15, 0.2) is 0 Å². The van der Waals surface area contributed by atoms with Crippen LogP contribution in [0.5, 0.6) is 0 Å². The molecule has 0 amide bonds. The Bertz CT molecular complexity index is 722. The van der Waals surface area contributed by atoms with Crippen LogP contribution in [0.25, 0.3) is 11.1 Å². The fraction of sp³-hybridized carbons (Fsp3) is 0.273. The van der Waals surface area contributed by atoms with Crippen molar-refractivity contribution in [1.82, 2.24) is 0 Å². The first kappa shape index (κ1) is 18.0. The van der Waals surface area contributed by atoms with Crippen molar-refractivity contribution in [3.8, 4) is 11.1 Å². The number of rotatable bonds is 0. The van der Waals surface area contributed by atoms with Crippen LogP contribution in [-0.4, -0.2) is 0 Å². The Hall–Kier alpha value is -1.37. The summed E-state index contributed by atoms with van der Waals surface area (Å²) in [5.74, 6) is 0.560. The van der Waals surface area contributed by atoms with E-state index in [-0.39, 0.29) is 21.7 Å². The Kier molecular flexibility index (Phi) is 5.84. The van der Waals surface area contributed by atoms with E-state index in [0.717, 1.165) is 6.42 Å². The second kappa shape index (κ2) is 7.47. The second-order valence-corrected chi connectivity index (χ2v) is 6.20. The van der Waals surface area contributed by atoms with Gasteiger partial charge in [0, 0.05) is 0 Å². The number of hydrogen-bond acceptors (Lipinski definition) is 0. The van der Waals surface area contributed by atoms with Crippen molar-refractivity contribution in [2.24, 2.45) is 5.92 Å². The van der Waals surface area contributed by atoms with Gasteiger partial charge in [0.1, 0.15) is 0 Å². The third-order valence-electron chi connectivity index (χ3n) is 4.85. The van der Waals surface area contributed by atoms with Gasteiger partial charge < -0.3 is 0 Å². The van der Waals surface area contributed by atoms with Crippen LogP contribution >= 0.6 is 0 Å². The van der Waals surface area contributed by atoms with Gasteiger partial charge in [0.05, 0.1) is 0 Å². The molecule has 2 aromatic carbocycles. The van der Waals surface area contributed by atoms with E-state index in [0.29, 0.717) is 5.92 Å². The zero-order valence-electron chi connectivity index (χ0n) is 14.3. The van der Waals surface area contributed by atoms with Crippen LogP contribution in [0.3, 0.4) is 0 Å². The van der Waals surface area contributed by atoms with Crippen LogP contribution < -0.4 is 0 Å². The summed E-state index contributed by atoms with van der Waals surface area (Å²) in [6.45, 7) is 8.67. The van der Waals surface area contributed by atoms with E-state index < -0.39 is 0 Å². The van der Waals surface area contributed by atoms with E-state index >= 15 is 0 Å². The Morgan fingerprint density at radius 2 is 1.65 bits per heavy atom. The van der Waals surface area contributed by atoms with Crippen LogP contribution in [0.15, 0.2) is 59.2 Å². The summed E-state index contributed by atoms with van der Waals surface area (Å²) < 4.78 is 0. The molecule has 0 heterocycles. The SMILES string of the molecule is CC1=[C-]C(C)C(C)=C1C.[Ti+2].[c-]1cccc2c1Cc1ccccc1-2. The molecule has 0 spiro atoms. The van der Waals surface area contributed by atoms with Gasteiger partial charge in [-0.15, -0.1) is 12.5 Å². The number of benzene rings is 2. The molecule has 0 radical (unpaired) electrons. The predicted octanol–water partition coefficient (Wildman–Crippen LogP) is 5.78. The summed E-state index contributed by atoms with van der Waals surface area (Å²) in [5, 5.41) is 0. The largest absolute Gasteiger partial charge is 2.00 e. The fourth-order valence-corrected chi connectivity index (χ4v) is 3.16. The summed E-state index contributed by atoms with van der Waals surface area (Å²) in [4.78, 5) is 0. The summed E-state index contributed by atoms with van der Waals surface area (Å²) in [7, 11) is 0. The van der Waals surface area contributed by atoms with Gasteiger partial charge in [-0.05, 0) is 6.42 Å². The molecule has 1 heteroatoms. The Morgan fingerprint density at radius 3 is 2.26 bits per heavy atom. The standard InChI is InChI=1S/C13H9.C9H13.Ti/c1-3-7-12-10(5-1)9-11-6-2-4-8-13(11)12;1-6-5-7(2)9(4)8(6)3;/h1-5,7-8H,9H2;6H,1-4H3;/q2*-1;+2. The minimum absolute atomic E-state index is 0. The molecule has 1 atom stereocenters. The van der Waals surface area contributed by atoms with Gasteiger partial charge in [0.2, 0.25) is 0 Å². The molecule has 4 rings (SSSR count). The van der Waals surface area contributed by atoms with E-state index in [1.54, 1.807) is 0 Å². The normalized spacial score (nSPS) is 17.6. The molecule has 0 saturated heterocycles. The smallest absolute Gasteiger partial charge is 0.266 e. The molecule has 23 heavy (non-hydrogen) atoms. The Balaban J connectivity index is 0.000000171. The number of allylic oxidation sites excluding steroid dienone is 4. The average molecular weight is 334 g/mol. The third kappa shape index (κ3) is 3.60. The molecule has 0 N–H and O–H groups in total. The topological polar surface area (TPSA) is 0 Å². The van der Waals surface area contributed by atoms with Crippen molar-refractivity contribution in [3.05, 3.63) is 82.5 Å². The van der Waals surface area contributed by atoms with Crippen LogP contribution in [0, 0.1) is 18.1 Å². The minimum atomic E-state index is 0. The van der Waals surface area contributed by atoms with Crippen molar-refractivity contribution in [1.29, 1.82) is 0 Å². The molecule has 114 valence electrons. The average Bonchev–Trinajstić information content (AvgIpc) is 3.01. The maximum absolute atomic E-state index is 3.36. The molecular weight excluding hydrogens is 312 g/mol. The molecule has 0 fully saturated rings. The first-order valence-corrected chi connectivity index (χ1v) is 7.93. The van der Waals surface area contributed by atoms with Gasteiger partial charge in [-0.25, -0.2) is 5.57 Å². The monoisotopic (exact) mass is 334 g/mol. The zero-order chi connectivity index (χ0) is 15.7. The van der Waals surface area contributed by atoms with Crippen molar-refractivity contribution in [3.63, 3.8) is 0 Å². The number of fused-ring (bicyclic) bond motifs is 3. The van der Waals surface area contributed by atoms with Gasteiger partial charge in [-0.1, -0.05) is 62.1 Å². The molecular formula is C22H22Ti. The summed E-state index contributed by atoms with van der Waals surface area (Å²) in [5.41, 5.74) is 9.76. The van der Waals surface area contributed by atoms with E-state index in [9.17, 15) is 0 Å². The van der Waals surface area contributed by atoms with E-state index in [1.807, 2.05) is 6.07 Å². The zero-order valence-corrected chi connectivity index (χ0v) is 15.9. The van der Waals surface area contributed by atoms with Crippen LogP contribution in [0.4, 0.5) is 0 Å². The predicted molar refractivity (Wildman–Crippen MR) is 93.5 cm³/mol. The van der Waals surface area contributed by atoms with Gasteiger partial charge in [-0.2, -0.15) is 41.0 Å². The molecule has 0 aromatic heterocycles. The van der Waals surface area contributed by atoms with Gasteiger partial charge in [0.25, 0.3) is 0 Å². The van der Waals surface area contributed by atoms with Crippen molar-refractivity contribution in [2.45, 2.75) is 34.1 Å². The van der Waals surface area contributed by atoms with Crippen LogP contribution in [-0.2, 0) is 28.1 Å². The molecule has 0 saturated carbocycles. The van der Waals surface area contributed by atoms with Crippen molar-refractivity contribution in [2.75, 3.05) is 0 Å². The summed E-state index contributed by atoms with van der Waals surface area (Å²) in [6, 6.07) is 18.1. The maximum Gasteiger partial charge on any atom is 2.00 e. The molecule has 0 aliphatic heterocycles. The van der Waals surface area contributed by atoms with E-state index in [1.165, 1.54) is 39.0 Å². The number of hydrogen-bond donors (Lipinski definition) is 0. The van der Waals surface area contributed by atoms with Gasteiger partial charge in [-0.3, -0.25) is 6.08 Å². The maximum atomic E-state index is 3.36. The molecule has 0 bridgehead atoms. The van der Waals surface area contributed by atoms with Crippen LogP contribution in [0.1, 0.15) is 38.8 Å². The van der Waals surface area contributed by atoms with Crippen molar-refractivity contribution >= 4 is 0 Å². The first-order chi connectivity index (χ1) is 10.6. The Labute approximate surface area is 155 Å². The molecule has 2 aliphatic carbocycles. The second-order valence-electron chi connectivity index (χ2n) is 6.20. The van der Waals surface area contributed by atoms with E-state index in [2.05, 4.69) is 76.2 Å². The van der Waals surface area contributed by atoms with E-state index in [4.69, 9.17) is 0 Å². The molecule has 2 aliphatic rings. The molecule has 0 nitrogen and oxygen atoms in total.